The van der Waals surface area contributed by atoms with E-state index < -0.39 is 29.1 Å². The molecule has 0 aromatic rings. The Morgan fingerprint density at radius 3 is 2.15 bits per heavy atom. The minimum absolute atomic E-state index is 0.129. The molecule has 0 aromatic heterocycles. The number of amides is 2. The van der Waals surface area contributed by atoms with Crippen molar-refractivity contribution in [1.29, 1.82) is 0 Å². The Labute approximate surface area is 199 Å². The summed E-state index contributed by atoms with van der Waals surface area (Å²) >= 11 is 0. The molecule has 0 radical (unpaired) electrons. The number of rotatable bonds is 5. The first kappa shape index (κ1) is 26.0. The van der Waals surface area contributed by atoms with Gasteiger partial charge in [0.25, 0.3) is 0 Å². The number of carbonyl (C=O) groups excluding carboxylic acids is 3. The van der Waals surface area contributed by atoms with Crippen LogP contribution in [0.1, 0.15) is 92.9 Å². The highest BCUT2D eigenvalue weighted by atomic mass is 16.6. The smallest absolute Gasteiger partial charge is 0.329 e. The minimum atomic E-state index is -0.747. The van der Waals surface area contributed by atoms with Gasteiger partial charge in [-0.05, 0) is 69.6 Å². The van der Waals surface area contributed by atoms with Crippen LogP contribution in [-0.4, -0.2) is 53.0 Å². The largest absolute Gasteiger partial charge is 0.458 e. The zero-order valence-corrected chi connectivity index (χ0v) is 21.5. The van der Waals surface area contributed by atoms with Crippen molar-refractivity contribution in [3.63, 3.8) is 0 Å². The first-order chi connectivity index (χ1) is 15.3. The van der Waals surface area contributed by atoms with Crippen LogP contribution < -0.4 is 11.1 Å². The summed E-state index contributed by atoms with van der Waals surface area (Å²) in [5, 5.41) is 3.00. The molecular formula is C26H45N3O4. The molecule has 7 heteroatoms. The molecule has 188 valence electrons. The van der Waals surface area contributed by atoms with Gasteiger partial charge in [0.1, 0.15) is 17.7 Å². The Balaban J connectivity index is 1.79. The number of hydrogen-bond donors (Lipinski definition) is 2. The number of nitrogens with zero attached hydrogens (tertiary/aromatic N) is 1. The maximum Gasteiger partial charge on any atom is 0.329 e. The summed E-state index contributed by atoms with van der Waals surface area (Å²) in [4.78, 5) is 41.9. The van der Waals surface area contributed by atoms with E-state index in [0.717, 1.165) is 44.9 Å². The van der Waals surface area contributed by atoms with Crippen molar-refractivity contribution in [2.75, 3.05) is 6.54 Å². The van der Waals surface area contributed by atoms with E-state index >= 15 is 0 Å². The summed E-state index contributed by atoms with van der Waals surface area (Å²) in [5.41, 5.74) is 5.21. The highest BCUT2D eigenvalue weighted by Gasteiger charge is 2.53. The Bertz CT molecular complexity index is 733. The summed E-state index contributed by atoms with van der Waals surface area (Å²) < 4.78 is 5.73. The molecule has 3 N–H and O–H groups in total. The van der Waals surface area contributed by atoms with Crippen molar-refractivity contribution in [3.8, 4) is 0 Å². The third-order valence-electron chi connectivity index (χ3n) is 7.68. The molecule has 5 atom stereocenters. The van der Waals surface area contributed by atoms with Gasteiger partial charge in [-0.25, -0.2) is 4.79 Å². The van der Waals surface area contributed by atoms with E-state index in [1.807, 2.05) is 41.5 Å². The molecule has 0 spiro atoms. The van der Waals surface area contributed by atoms with E-state index in [2.05, 4.69) is 5.32 Å². The number of nitrogens with one attached hydrogen (secondary N) is 1. The molecule has 1 heterocycles. The van der Waals surface area contributed by atoms with Crippen LogP contribution >= 0.6 is 0 Å². The summed E-state index contributed by atoms with van der Waals surface area (Å²) in [6, 6.07) is -1.94. The lowest BCUT2D eigenvalue weighted by Gasteiger charge is -2.37. The fourth-order valence-electron chi connectivity index (χ4n) is 5.96. The van der Waals surface area contributed by atoms with Gasteiger partial charge in [-0.3, -0.25) is 9.59 Å². The first-order valence-electron chi connectivity index (χ1n) is 12.9. The van der Waals surface area contributed by atoms with E-state index in [4.69, 9.17) is 10.5 Å². The van der Waals surface area contributed by atoms with Gasteiger partial charge in [0.15, 0.2) is 0 Å². The predicted octanol–water partition coefficient (Wildman–Crippen LogP) is 3.39. The van der Waals surface area contributed by atoms with Gasteiger partial charge >= 0.3 is 5.97 Å². The van der Waals surface area contributed by atoms with Crippen molar-refractivity contribution >= 4 is 17.8 Å². The molecule has 0 bridgehead atoms. The van der Waals surface area contributed by atoms with Crippen LogP contribution in [-0.2, 0) is 19.1 Å². The Morgan fingerprint density at radius 1 is 0.939 bits per heavy atom. The number of hydrogen-bond acceptors (Lipinski definition) is 5. The second-order valence-corrected chi connectivity index (χ2v) is 12.6. The molecule has 7 nitrogen and oxygen atoms in total. The number of fused-ring (bicyclic) bond motifs is 1. The normalized spacial score (nSPS) is 28.2. The standard InChI is InChI=1S/C26H45N3O4/c1-25(2,3)21(28-22(30)19(27)16-11-8-7-9-12-16)23(31)29-15-17-13-10-14-18(17)20(29)24(32)33-26(4,5)6/h16-21H,7-15,27H2,1-6H3,(H,28,30)/t17-,18-,19+,20+,21+/m0/s1. The van der Waals surface area contributed by atoms with E-state index in [1.165, 1.54) is 6.42 Å². The van der Waals surface area contributed by atoms with Crippen molar-refractivity contribution in [2.45, 2.75) is 117 Å². The number of likely N-dealkylation sites (tertiary alicyclic amines) is 1. The fraction of sp³-hybridized carbons (Fsp3) is 0.885. The molecule has 3 rings (SSSR count). The van der Waals surface area contributed by atoms with Gasteiger partial charge in [0, 0.05) is 6.54 Å². The number of carbonyl (C=O) groups is 3. The van der Waals surface area contributed by atoms with Gasteiger partial charge in [-0.1, -0.05) is 46.5 Å². The molecule has 1 saturated heterocycles. The second-order valence-electron chi connectivity index (χ2n) is 12.6. The quantitative estimate of drug-likeness (QED) is 0.609. The Morgan fingerprint density at radius 2 is 1.58 bits per heavy atom. The summed E-state index contributed by atoms with van der Waals surface area (Å²) in [6.45, 7) is 11.9. The SMILES string of the molecule is CC(C)(C)OC(=O)[C@H]1[C@H]2CCC[C@H]2CN1C(=O)[C@@H](NC(=O)[C@H](N)C1CCCCC1)C(C)(C)C. The van der Waals surface area contributed by atoms with E-state index in [1.54, 1.807) is 4.90 Å². The lowest BCUT2D eigenvalue weighted by Crippen LogP contribution is -2.60. The maximum absolute atomic E-state index is 13.9. The summed E-state index contributed by atoms with van der Waals surface area (Å²) in [5.74, 6) is -0.185. The van der Waals surface area contributed by atoms with Gasteiger partial charge < -0.3 is 20.7 Å². The highest BCUT2D eigenvalue weighted by molar-refractivity contribution is 5.93. The lowest BCUT2D eigenvalue weighted by atomic mass is 9.82. The zero-order valence-electron chi connectivity index (χ0n) is 21.5. The second kappa shape index (κ2) is 9.93. The van der Waals surface area contributed by atoms with Crippen LogP contribution in [0.25, 0.3) is 0 Å². The average molecular weight is 464 g/mol. The highest BCUT2D eigenvalue weighted by Crippen LogP contribution is 2.43. The number of nitrogens with two attached hydrogens (primary N) is 1. The molecule has 2 aliphatic carbocycles. The lowest BCUT2D eigenvalue weighted by molar-refractivity contribution is -0.165. The van der Waals surface area contributed by atoms with Crippen molar-refractivity contribution in [2.24, 2.45) is 28.9 Å². The van der Waals surface area contributed by atoms with Crippen LogP contribution in [0.2, 0.25) is 0 Å². The minimum Gasteiger partial charge on any atom is -0.458 e. The van der Waals surface area contributed by atoms with Crippen LogP contribution in [0.5, 0.6) is 0 Å². The summed E-state index contributed by atoms with van der Waals surface area (Å²) in [7, 11) is 0. The molecule has 2 amide bonds. The van der Waals surface area contributed by atoms with Crippen molar-refractivity contribution in [1.82, 2.24) is 10.2 Å². The van der Waals surface area contributed by atoms with Gasteiger partial charge in [-0.2, -0.15) is 0 Å². The van der Waals surface area contributed by atoms with Gasteiger partial charge in [0.2, 0.25) is 11.8 Å². The number of esters is 1. The molecule has 1 aliphatic heterocycles. The van der Waals surface area contributed by atoms with Crippen molar-refractivity contribution < 1.29 is 19.1 Å². The maximum atomic E-state index is 13.9. The molecule has 3 aliphatic rings. The van der Waals surface area contributed by atoms with E-state index in [0.29, 0.717) is 12.5 Å². The first-order valence-corrected chi connectivity index (χ1v) is 12.9. The molecule has 0 aromatic carbocycles. The Hall–Kier alpha value is -1.63. The van der Waals surface area contributed by atoms with E-state index in [-0.39, 0.29) is 29.6 Å². The Kier molecular flexibility index (Phi) is 7.82. The topological polar surface area (TPSA) is 102 Å². The van der Waals surface area contributed by atoms with Crippen LogP contribution in [0.4, 0.5) is 0 Å². The molecule has 3 fully saturated rings. The van der Waals surface area contributed by atoms with E-state index in [9.17, 15) is 14.4 Å². The van der Waals surface area contributed by atoms with Crippen LogP contribution in [0.15, 0.2) is 0 Å². The summed E-state index contributed by atoms with van der Waals surface area (Å²) in [6.07, 6.45) is 8.33. The van der Waals surface area contributed by atoms with Crippen molar-refractivity contribution in [3.05, 3.63) is 0 Å². The van der Waals surface area contributed by atoms with Crippen LogP contribution in [0, 0.1) is 23.2 Å². The third-order valence-corrected chi connectivity index (χ3v) is 7.68. The molecule has 33 heavy (non-hydrogen) atoms. The molecule has 0 unspecified atom stereocenters. The van der Waals surface area contributed by atoms with Gasteiger partial charge in [-0.15, -0.1) is 0 Å². The third kappa shape index (κ3) is 6.09. The molecular weight excluding hydrogens is 418 g/mol. The van der Waals surface area contributed by atoms with Crippen LogP contribution in [0.3, 0.4) is 0 Å². The predicted molar refractivity (Wildman–Crippen MR) is 128 cm³/mol. The monoisotopic (exact) mass is 463 g/mol. The molecule has 2 saturated carbocycles. The zero-order chi connectivity index (χ0) is 24.6. The fourth-order valence-corrected chi connectivity index (χ4v) is 5.96. The van der Waals surface area contributed by atoms with Gasteiger partial charge in [0.05, 0.1) is 6.04 Å². The average Bonchev–Trinajstić information content (AvgIpc) is 3.30. The number of ether oxygens (including phenoxy) is 1.